The van der Waals surface area contributed by atoms with E-state index in [0.717, 1.165) is 35.9 Å². The highest BCUT2D eigenvalue weighted by atomic mass is 19.1. The van der Waals surface area contributed by atoms with E-state index in [1.165, 1.54) is 12.1 Å². The first-order chi connectivity index (χ1) is 17.0. The molecule has 3 N–H and O–H groups in total. The number of amides is 2. The van der Waals surface area contributed by atoms with Gasteiger partial charge in [0.15, 0.2) is 0 Å². The van der Waals surface area contributed by atoms with Crippen LogP contribution in [-0.4, -0.2) is 34.3 Å². The molecular weight excluding hydrogens is 443 g/mol. The lowest BCUT2D eigenvalue weighted by atomic mass is 10.0. The minimum atomic E-state index is -0.330. The normalized spacial score (nSPS) is 15.9. The van der Waals surface area contributed by atoms with E-state index in [-0.39, 0.29) is 23.7 Å². The van der Waals surface area contributed by atoms with Gasteiger partial charge in [0.1, 0.15) is 5.82 Å². The molecule has 0 bridgehead atoms. The summed E-state index contributed by atoms with van der Waals surface area (Å²) in [6.45, 7) is 1.41. The van der Waals surface area contributed by atoms with E-state index in [4.69, 9.17) is 5.73 Å². The van der Waals surface area contributed by atoms with E-state index in [9.17, 15) is 14.0 Å². The van der Waals surface area contributed by atoms with Gasteiger partial charge in [-0.1, -0.05) is 30.3 Å². The van der Waals surface area contributed by atoms with Gasteiger partial charge in [-0.05, 0) is 73.5 Å². The van der Waals surface area contributed by atoms with Crippen molar-refractivity contribution in [3.63, 3.8) is 0 Å². The number of fused-ring (bicyclic) bond motifs is 1. The zero-order valence-electron chi connectivity index (χ0n) is 19.1. The van der Waals surface area contributed by atoms with Gasteiger partial charge in [-0.2, -0.15) is 0 Å². The molecule has 5 rings (SSSR count). The number of rotatable bonds is 6. The molecule has 1 aromatic heterocycles. The van der Waals surface area contributed by atoms with Crippen LogP contribution < -0.4 is 11.1 Å². The molecule has 1 fully saturated rings. The van der Waals surface area contributed by atoms with E-state index >= 15 is 0 Å². The molecule has 2 heterocycles. The van der Waals surface area contributed by atoms with Crippen LogP contribution in [0.5, 0.6) is 0 Å². The smallest absolute Gasteiger partial charge is 0.256 e. The molecule has 0 spiro atoms. The summed E-state index contributed by atoms with van der Waals surface area (Å²) in [6, 6.07) is 22.6. The number of aromatic nitrogens is 1. The number of nitrogens with one attached hydrogen (secondary N) is 1. The summed E-state index contributed by atoms with van der Waals surface area (Å²) in [5.41, 5.74) is 9.67. The largest absolute Gasteiger partial charge is 0.368 e. The van der Waals surface area contributed by atoms with Gasteiger partial charge in [-0.25, -0.2) is 9.37 Å². The van der Waals surface area contributed by atoms with Gasteiger partial charge in [0.25, 0.3) is 5.91 Å². The first kappa shape index (κ1) is 22.7. The molecule has 1 aliphatic rings. The van der Waals surface area contributed by atoms with Gasteiger partial charge in [0.05, 0.1) is 22.8 Å². The molecule has 0 unspecified atom stereocenters. The minimum Gasteiger partial charge on any atom is -0.368 e. The Labute approximate surface area is 202 Å². The van der Waals surface area contributed by atoms with Crippen LogP contribution in [0.4, 0.5) is 10.1 Å². The van der Waals surface area contributed by atoms with Crippen LogP contribution in [-0.2, 0) is 11.3 Å². The fraction of sp³-hybridized carbons (Fsp3) is 0.179. The van der Waals surface area contributed by atoms with Gasteiger partial charge in [0.2, 0.25) is 5.91 Å². The predicted molar refractivity (Wildman–Crippen MR) is 134 cm³/mol. The molecule has 7 heteroatoms. The first-order valence-electron chi connectivity index (χ1n) is 11.6. The van der Waals surface area contributed by atoms with E-state index in [0.29, 0.717) is 29.0 Å². The molecule has 0 aliphatic carbocycles. The molecule has 176 valence electrons. The first-order valence-corrected chi connectivity index (χ1v) is 11.6. The molecule has 35 heavy (non-hydrogen) atoms. The second-order valence-electron chi connectivity index (χ2n) is 8.76. The summed E-state index contributed by atoms with van der Waals surface area (Å²) in [5.74, 6) is -0.891. The maximum absolute atomic E-state index is 13.4. The maximum Gasteiger partial charge on any atom is 0.256 e. The number of halogens is 1. The molecule has 1 atom stereocenters. The quantitative estimate of drug-likeness (QED) is 0.428. The van der Waals surface area contributed by atoms with Gasteiger partial charge in [-0.15, -0.1) is 0 Å². The van der Waals surface area contributed by atoms with Gasteiger partial charge in [-0.3, -0.25) is 14.5 Å². The third-order valence-corrected chi connectivity index (χ3v) is 6.36. The van der Waals surface area contributed by atoms with Crippen molar-refractivity contribution in [2.75, 3.05) is 11.9 Å². The van der Waals surface area contributed by atoms with Crippen LogP contribution in [0.25, 0.3) is 22.2 Å². The van der Waals surface area contributed by atoms with Gasteiger partial charge >= 0.3 is 0 Å². The zero-order chi connectivity index (χ0) is 24.4. The fourth-order valence-corrected chi connectivity index (χ4v) is 4.65. The standard InChI is InChI=1S/C28H25FN4O2/c29-20-12-10-19(11-13-20)25-16-23(22-7-1-2-8-24(22)32-25)28(35)31-21-6-3-5-18(15-21)17-33-14-4-9-26(33)27(30)34/h1-3,5-8,10-13,15-16,26H,4,9,14,17H2,(H2,30,34)(H,31,35)/t26-/m1/s1. The summed E-state index contributed by atoms with van der Waals surface area (Å²) in [7, 11) is 0. The summed E-state index contributed by atoms with van der Waals surface area (Å²) in [6.07, 6.45) is 1.72. The number of hydrogen-bond donors (Lipinski definition) is 2. The minimum absolute atomic E-state index is 0.249. The number of hydrogen-bond acceptors (Lipinski definition) is 4. The second kappa shape index (κ2) is 9.64. The van der Waals surface area contributed by atoms with Crippen molar-refractivity contribution in [1.82, 2.24) is 9.88 Å². The van der Waals surface area contributed by atoms with E-state index in [1.807, 2.05) is 48.5 Å². The summed E-state index contributed by atoms with van der Waals surface area (Å²) < 4.78 is 13.4. The summed E-state index contributed by atoms with van der Waals surface area (Å²) in [5, 5.41) is 3.73. The number of carbonyl (C=O) groups excluding carboxylic acids is 2. The summed E-state index contributed by atoms with van der Waals surface area (Å²) >= 11 is 0. The van der Waals surface area contributed by atoms with Crippen LogP contribution in [0, 0.1) is 5.82 Å². The fourth-order valence-electron chi connectivity index (χ4n) is 4.65. The van der Waals surface area contributed by atoms with Crippen LogP contribution in [0.15, 0.2) is 78.9 Å². The van der Waals surface area contributed by atoms with Gasteiger partial charge in [0, 0.05) is 23.2 Å². The molecule has 2 amide bonds. The Hall–Kier alpha value is -4.10. The number of benzene rings is 3. The van der Waals surface area contributed by atoms with Crippen LogP contribution >= 0.6 is 0 Å². The molecule has 4 aromatic rings. The number of nitrogens with two attached hydrogens (primary N) is 1. The monoisotopic (exact) mass is 468 g/mol. The van der Waals surface area contributed by atoms with Crippen LogP contribution in [0.2, 0.25) is 0 Å². The summed E-state index contributed by atoms with van der Waals surface area (Å²) in [4.78, 5) is 31.9. The molecular formula is C28H25FN4O2. The molecule has 3 aromatic carbocycles. The Morgan fingerprint density at radius 1 is 1.03 bits per heavy atom. The predicted octanol–water partition coefficient (Wildman–Crippen LogP) is 4.74. The Morgan fingerprint density at radius 3 is 2.63 bits per heavy atom. The highest BCUT2D eigenvalue weighted by Crippen LogP contribution is 2.26. The second-order valence-corrected chi connectivity index (χ2v) is 8.76. The van der Waals surface area contributed by atoms with Crippen LogP contribution in [0.3, 0.4) is 0 Å². The SMILES string of the molecule is NC(=O)[C@H]1CCCN1Cc1cccc(NC(=O)c2cc(-c3ccc(F)cc3)nc3ccccc23)c1. The Morgan fingerprint density at radius 2 is 1.83 bits per heavy atom. The lowest BCUT2D eigenvalue weighted by Gasteiger charge is -2.22. The van der Waals surface area contributed by atoms with Crippen LogP contribution in [0.1, 0.15) is 28.8 Å². The van der Waals surface area contributed by atoms with Crippen molar-refractivity contribution in [3.8, 4) is 11.3 Å². The highest BCUT2D eigenvalue weighted by molar-refractivity contribution is 6.13. The average Bonchev–Trinajstić information content (AvgIpc) is 3.32. The Balaban J connectivity index is 1.42. The van der Waals surface area contributed by atoms with Gasteiger partial charge < -0.3 is 11.1 Å². The number of primary amides is 1. The van der Waals surface area contributed by atoms with Crippen molar-refractivity contribution >= 4 is 28.4 Å². The molecule has 6 nitrogen and oxygen atoms in total. The Kier molecular flexibility index (Phi) is 6.25. The van der Waals surface area contributed by atoms with Crippen molar-refractivity contribution in [2.45, 2.75) is 25.4 Å². The van der Waals surface area contributed by atoms with Crippen molar-refractivity contribution < 1.29 is 14.0 Å². The molecule has 0 saturated carbocycles. The Bertz CT molecular complexity index is 1400. The van der Waals surface area contributed by atoms with Crippen molar-refractivity contribution in [2.24, 2.45) is 5.73 Å². The lowest BCUT2D eigenvalue weighted by Crippen LogP contribution is -2.39. The third-order valence-electron chi connectivity index (χ3n) is 6.36. The number of para-hydroxylation sites is 1. The maximum atomic E-state index is 13.4. The number of anilines is 1. The van der Waals surface area contributed by atoms with Crippen molar-refractivity contribution in [3.05, 3.63) is 95.8 Å². The number of carbonyl (C=O) groups is 2. The number of pyridine rings is 1. The topological polar surface area (TPSA) is 88.3 Å². The lowest BCUT2D eigenvalue weighted by molar-refractivity contribution is -0.122. The number of likely N-dealkylation sites (tertiary alicyclic amines) is 1. The van der Waals surface area contributed by atoms with E-state index in [2.05, 4.69) is 15.2 Å². The van der Waals surface area contributed by atoms with Crippen molar-refractivity contribution in [1.29, 1.82) is 0 Å². The molecule has 1 saturated heterocycles. The third kappa shape index (κ3) is 4.90. The van der Waals surface area contributed by atoms with E-state index < -0.39 is 0 Å². The number of nitrogens with zero attached hydrogens (tertiary/aromatic N) is 2. The highest BCUT2D eigenvalue weighted by Gasteiger charge is 2.28. The molecule has 1 aliphatic heterocycles. The van der Waals surface area contributed by atoms with E-state index in [1.54, 1.807) is 18.2 Å². The molecule has 0 radical (unpaired) electrons. The average molecular weight is 469 g/mol. The zero-order valence-corrected chi connectivity index (χ0v) is 19.1.